The van der Waals surface area contributed by atoms with Gasteiger partial charge in [0.1, 0.15) is 11.4 Å². The van der Waals surface area contributed by atoms with E-state index < -0.39 is 0 Å². The van der Waals surface area contributed by atoms with Crippen molar-refractivity contribution in [3.05, 3.63) is 23.2 Å². The minimum Gasteiger partial charge on any atom is -0.325 e. The fraction of sp³-hybridized carbons (Fsp3) is 0.400. The number of aromatic nitrogens is 3. The molecule has 0 aliphatic rings. The molecule has 0 fully saturated rings. The summed E-state index contributed by atoms with van der Waals surface area (Å²) in [6.07, 6.45) is 1.05. The Kier molecular flexibility index (Phi) is 3.13. The van der Waals surface area contributed by atoms with Crippen LogP contribution in [0.2, 0.25) is 0 Å². The van der Waals surface area contributed by atoms with Crippen LogP contribution in [-0.4, -0.2) is 15.0 Å². The van der Waals surface area contributed by atoms with Gasteiger partial charge in [0.25, 0.3) is 0 Å². The van der Waals surface area contributed by atoms with Crippen molar-refractivity contribution in [2.75, 3.05) is 0 Å². The molecule has 2 heterocycles. The topological polar surface area (TPSA) is 56.7 Å². The molecule has 2 aromatic heterocycles. The van der Waals surface area contributed by atoms with Crippen LogP contribution in [0.3, 0.4) is 0 Å². The van der Waals surface area contributed by atoms with Gasteiger partial charge in [-0.25, -0.2) is 4.68 Å². The van der Waals surface area contributed by atoms with E-state index in [2.05, 4.69) is 28.7 Å². The van der Waals surface area contributed by atoms with Crippen LogP contribution >= 0.6 is 11.3 Å². The second kappa shape index (κ2) is 4.55. The average molecular weight is 222 g/mol. The maximum atomic E-state index is 5.66. The van der Waals surface area contributed by atoms with Gasteiger partial charge in [0.2, 0.25) is 0 Å². The summed E-state index contributed by atoms with van der Waals surface area (Å²) < 4.78 is 1.94. The molecule has 0 amide bonds. The molecule has 2 N–H and O–H groups in total. The molecule has 0 unspecified atom stereocenters. The Morgan fingerprint density at radius 2 is 2.40 bits per heavy atom. The molecule has 0 saturated carbocycles. The van der Waals surface area contributed by atoms with E-state index in [0.29, 0.717) is 6.54 Å². The van der Waals surface area contributed by atoms with Gasteiger partial charge < -0.3 is 5.73 Å². The molecule has 80 valence electrons. The predicted octanol–water partition coefficient (Wildman–Crippen LogP) is 1.88. The minimum atomic E-state index is 0.441. The first kappa shape index (κ1) is 10.3. The summed E-state index contributed by atoms with van der Waals surface area (Å²) >= 11 is 1.69. The van der Waals surface area contributed by atoms with Gasteiger partial charge in [-0.15, -0.1) is 16.4 Å². The Labute approximate surface area is 92.7 Å². The number of hydrogen-bond donors (Lipinski definition) is 1. The molecule has 0 atom stereocenters. The largest absolute Gasteiger partial charge is 0.325 e. The molecule has 2 aromatic rings. The Morgan fingerprint density at radius 3 is 3.00 bits per heavy atom. The second-order valence-corrected chi connectivity index (χ2v) is 4.24. The highest BCUT2D eigenvalue weighted by Crippen LogP contribution is 2.26. The van der Waals surface area contributed by atoms with Crippen LogP contribution in [0.5, 0.6) is 0 Å². The lowest BCUT2D eigenvalue weighted by atomic mass is 10.2. The van der Waals surface area contributed by atoms with Crippen LogP contribution < -0.4 is 5.73 Å². The van der Waals surface area contributed by atoms with Crippen LogP contribution in [0.15, 0.2) is 17.5 Å². The van der Waals surface area contributed by atoms with Crippen molar-refractivity contribution in [2.24, 2.45) is 5.73 Å². The summed E-state index contributed by atoms with van der Waals surface area (Å²) in [5.41, 5.74) is 7.61. The van der Waals surface area contributed by atoms with Crippen molar-refractivity contribution in [1.29, 1.82) is 0 Å². The summed E-state index contributed by atoms with van der Waals surface area (Å²) in [4.78, 5) is 1.19. The maximum Gasteiger partial charge on any atom is 0.105 e. The zero-order valence-corrected chi connectivity index (χ0v) is 9.50. The molecule has 0 spiro atoms. The summed E-state index contributed by atoms with van der Waals surface area (Å²) in [7, 11) is 0. The van der Waals surface area contributed by atoms with Gasteiger partial charge in [-0.2, -0.15) is 0 Å². The van der Waals surface area contributed by atoms with Crippen molar-refractivity contribution in [3.8, 4) is 10.6 Å². The molecule has 0 saturated heterocycles. The number of nitrogens with two attached hydrogens (primary N) is 1. The van der Waals surface area contributed by atoms with Gasteiger partial charge in [0.05, 0.1) is 4.88 Å². The summed E-state index contributed by atoms with van der Waals surface area (Å²) in [6, 6.07) is 4.11. The zero-order valence-electron chi connectivity index (χ0n) is 8.68. The maximum absolute atomic E-state index is 5.66. The van der Waals surface area contributed by atoms with Crippen molar-refractivity contribution < 1.29 is 0 Å². The molecule has 0 aromatic carbocycles. The van der Waals surface area contributed by atoms with Gasteiger partial charge >= 0.3 is 0 Å². The molecule has 0 aliphatic carbocycles. The third-order valence-corrected chi connectivity index (χ3v) is 3.06. The highest BCUT2D eigenvalue weighted by Gasteiger charge is 2.13. The third kappa shape index (κ3) is 1.93. The van der Waals surface area contributed by atoms with Gasteiger partial charge in [0.15, 0.2) is 0 Å². The standard InChI is InChI=1S/C10H14N4S/c1-2-5-14-10(8(7-11)12-13-14)9-4-3-6-15-9/h3-4,6H,2,5,7,11H2,1H3. The van der Waals surface area contributed by atoms with E-state index in [1.807, 2.05) is 10.7 Å². The molecule has 4 nitrogen and oxygen atoms in total. The lowest BCUT2D eigenvalue weighted by Crippen LogP contribution is -2.03. The van der Waals surface area contributed by atoms with E-state index in [-0.39, 0.29) is 0 Å². The van der Waals surface area contributed by atoms with Gasteiger partial charge in [-0.1, -0.05) is 18.2 Å². The minimum absolute atomic E-state index is 0.441. The van der Waals surface area contributed by atoms with Crippen LogP contribution in [0.25, 0.3) is 10.6 Å². The van der Waals surface area contributed by atoms with Gasteiger partial charge in [0, 0.05) is 13.1 Å². The number of nitrogens with zero attached hydrogens (tertiary/aromatic N) is 3. The first-order chi connectivity index (χ1) is 7.36. The van der Waals surface area contributed by atoms with E-state index in [1.165, 1.54) is 4.88 Å². The molecule has 0 bridgehead atoms. The number of rotatable bonds is 4. The summed E-state index contributed by atoms with van der Waals surface area (Å²) in [6.45, 7) is 3.46. The fourth-order valence-corrected chi connectivity index (χ4v) is 2.33. The highest BCUT2D eigenvalue weighted by molar-refractivity contribution is 7.13. The SMILES string of the molecule is CCCn1nnc(CN)c1-c1cccs1. The van der Waals surface area contributed by atoms with Gasteiger partial charge in [-0.3, -0.25) is 0 Å². The number of aryl methyl sites for hydroxylation is 1. The molecule has 0 aliphatic heterocycles. The lowest BCUT2D eigenvalue weighted by molar-refractivity contribution is 0.584. The van der Waals surface area contributed by atoms with Crippen molar-refractivity contribution in [3.63, 3.8) is 0 Å². The summed E-state index contributed by atoms with van der Waals surface area (Å²) in [5.74, 6) is 0. The second-order valence-electron chi connectivity index (χ2n) is 3.29. The molecule has 5 heteroatoms. The lowest BCUT2D eigenvalue weighted by Gasteiger charge is -2.03. The van der Waals surface area contributed by atoms with E-state index in [4.69, 9.17) is 5.73 Å². The third-order valence-electron chi connectivity index (χ3n) is 2.19. The monoisotopic (exact) mass is 222 g/mol. The Balaban J connectivity index is 2.46. The zero-order chi connectivity index (χ0) is 10.7. The van der Waals surface area contributed by atoms with Crippen molar-refractivity contribution >= 4 is 11.3 Å². The quantitative estimate of drug-likeness (QED) is 0.859. The number of hydrogen-bond acceptors (Lipinski definition) is 4. The first-order valence-electron chi connectivity index (χ1n) is 5.03. The average Bonchev–Trinajstić information content (AvgIpc) is 2.85. The van der Waals surface area contributed by atoms with Crippen LogP contribution in [0.4, 0.5) is 0 Å². The van der Waals surface area contributed by atoms with Crippen LogP contribution in [-0.2, 0) is 13.1 Å². The Hall–Kier alpha value is -1.20. The fourth-order valence-electron chi connectivity index (χ4n) is 1.54. The predicted molar refractivity (Wildman–Crippen MR) is 61.5 cm³/mol. The molecule has 0 radical (unpaired) electrons. The van der Waals surface area contributed by atoms with E-state index in [1.54, 1.807) is 11.3 Å². The number of thiophene rings is 1. The van der Waals surface area contributed by atoms with Crippen LogP contribution in [0.1, 0.15) is 19.0 Å². The Bertz CT molecular complexity index is 419. The summed E-state index contributed by atoms with van der Waals surface area (Å²) in [5, 5.41) is 10.3. The van der Waals surface area contributed by atoms with Crippen molar-refractivity contribution in [2.45, 2.75) is 26.4 Å². The molecule has 2 rings (SSSR count). The Morgan fingerprint density at radius 1 is 1.53 bits per heavy atom. The molecular formula is C10H14N4S. The van der Waals surface area contributed by atoms with Crippen LogP contribution in [0, 0.1) is 0 Å². The smallest absolute Gasteiger partial charge is 0.105 e. The van der Waals surface area contributed by atoms with Crippen molar-refractivity contribution in [1.82, 2.24) is 15.0 Å². The highest BCUT2D eigenvalue weighted by atomic mass is 32.1. The van der Waals surface area contributed by atoms with E-state index in [9.17, 15) is 0 Å². The van der Waals surface area contributed by atoms with Gasteiger partial charge in [-0.05, 0) is 17.9 Å². The molecule has 15 heavy (non-hydrogen) atoms. The molecular weight excluding hydrogens is 208 g/mol. The van der Waals surface area contributed by atoms with E-state index in [0.717, 1.165) is 24.4 Å². The normalized spacial score (nSPS) is 10.8. The van der Waals surface area contributed by atoms with E-state index >= 15 is 0 Å². The first-order valence-corrected chi connectivity index (χ1v) is 5.91.